The van der Waals surface area contributed by atoms with Gasteiger partial charge in [-0.3, -0.25) is 4.90 Å². The van der Waals surface area contributed by atoms with Crippen LogP contribution in [0.1, 0.15) is 20.3 Å². The number of hydrogen-bond donors (Lipinski definition) is 1. The molecule has 0 rings (SSSR count). The minimum atomic E-state index is -0.311. The summed E-state index contributed by atoms with van der Waals surface area (Å²) < 4.78 is 10.8. The highest BCUT2D eigenvalue weighted by Crippen LogP contribution is 2.23. The molecule has 0 saturated carbocycles. The molecule has 0 aliphatic carbocycles. The summed E-state index contributed by atoms with van der Waals surface area (Å²) in [5, 5.41) is 0. The van der Waals surface area contributed by atoms with Crippen LogP contribution in [-0.4, -0.2) is 62.6 Å². The zero-order valence-electron chi connectivity index (χ0n) is 12.0. The molecule has 0 aromatic carbocycles. The van der Waals surface area contributed by atoms with Gasteiger partial charge in [0.1, 0.15) is 0 Å². The second-order valence-electron chi connectivity index (χ2n) is 4.61. The lowest BCUT2D eigenvalue weighted by atomic mass is 9.97. The predicted octanol–water partition coefficient (Wildman–Crippen LogP) is 1.40. The molecule has 0 spiro atoms. The van der Waals surface area contributed by atoms with Gasteiger partial charge in [0.05, 0.1) is 5.54 Å². The van der Waals surface area contributed by atoms with E-state index in [0.29, 0.717) is 12.6 Å². The summed E-state index contributed by atoms with van der Waals surface area (Å²) in [5.74, 6) is 1.15. The Bertz CT molecular complexity index is 203. The molecular formula is C12H28N2O2S. The van der Waals surface area contributed by atoms with Crippen LogP contribution in [0, 0.1) is 0 Å². The van der Waals surface area contributed by atoms with Crippen LogP contribution in [0.3, 0.4) is 0 Å². The van der Waals surface area contributed by atoms with E-state index >= 15 is 0 Å². The topological polar surface area (TPSA) is 47.7 Å². The van der Waals surface area contributed by atoms with Crippen molar-refractivity contribution in [3.63, 3.8) is 0 Å². The Labute approximate surface area is 110 Å². The number of ether oxygens (including phenoxy) is 2. The van der Waals surface area contributed by atoms with Crippen molar-refractivity contribution in [3.8, 4) is 0 Å². The normalized spacial score (nSPS) is 17.5. The van der Waals surface area contributed by atoms with E-state index < -0.39 is 0 Å². The van der Waals surface area contributed by atoms with E-state index in [-0.39, 0.29) is 11.8 Å². The van der Waals surface area contributed by atoms with Gasteiger partial charge in [0.15, 0.2) is 6.29 Å². The van der Waals surface area contributed by atoms with Gasteiger partial charge in [0.2, 0.25) is 0 Å². The van der Waals surface area contributed by atoms with Crippen LogP contribution < -0.4 is 5.73 Å². The van der Waals surface area contributed by atoms with Gasteiger partial charge in [0, 0.05) is 26.8 Å². The largest absolute Gasteiger partial charge is 0.354 e. The Morgan fingerprint density at radius 3 is 2.24 bits per heavy atom. The first-order valence-corrected chi connectivity index (χ1v) is 7.34. The van der Waals surface area contributed by atoms with Crippen LogP contribution in [0.4, 0.5) is 0 Å². The average Bonchev–Trinajstić information content (AvgIpc) is 2.35. The maximum Gasteiger partial charge on any atom is 0.176 e. The molecule has 4 nitrogen and oxygen atoms in total. The molecule has 0 fully saturated rings. The van der Waals surface area contributed by atoms with Gasteiger partial charge in [-0.1, -0.05) is 0 Å². The van der Waals surface area contributed by atoms with Gasteiger partial charge in [0.25, 0.3) is 0 Å². The number of likely N-dealkylation sites (N-methyl/N-ethyl adjacent to an activating group) is 1. The molecule has 2 N–H and O–H groups in total. The number of methoxy groups -OCH3 is 2. The number of thioether (sulfide) groups is 1. The first-order valence-electron chi connectivity index (χ1n) is 5.95. The average molecular weight is 264 g/mol. The molecule has 5 heteroatoms. The highest BCUT2D eigenvalue weighted by Gasteiger charge is 2.39. The molecule has 0 aromatic heterocycles. The van der Waals surface area contributed by atoms with Crippen molar-refractivity contribution >= 4 is 11.8 Å². The Morgan fingerprint density at radius 2 is 1.88 bits per heavy atom. The molecule has 0 amide bonds. The van der Waals surface area contributed by atoms with E-state index in [0.717, 1.165) is 12.2 Å². The summed E-state index contributed by atoms with van der Waals surface area (Å²) in [5.41, 5.74) is 5.62. The zero-order valence-corrected chi connectivity index (χ0v) is 12.8. The van der Waals surface area contributed by atoms with Gasteiger partial charge in [-0.25, -0.2) is 0 Å². The van der Waals surface area contributed by atoms with Crippen molar-refractivity contribution in [2.75, 3.05) is 39.8 Å². The van der Waals surface area contributed by atoms with Crippen molar-refractivity contribution in [3.05, 3.63) is 0 Å². The van der Waals surface area contributed by atoms with Crippen LogP contribution in [0.5, 0.6) is 0 Å². The molecule has 104 valence electrons. The molecule has 0 heterocycles. The SMILES string of the molecule is COC(OC)C(C)(CN)N(C)C(C)CCSC. The molecular weight excluding hydrogens is 236 g/mol. The molecule has 0 aliphatic rings. The number of nitrogens with two attached hydrogens (primary N) is 1. The van der Waals surface area contributed by atoms with E-state index in [1.165, 1.54) is 0 Å². The second kappa shape index (κ2) is 8.32. The number of nitrogens with zero attached hydrogens (tertiary/aromatic N) is 1. The Morgan fingerprint density at radius 1 is 1.35 bits per heavy atom. The van der Waals surface area contributed by atoms with E-state index in [1.807, 2.05) is 11.8 Å². The van der Waals surface area contributed by atoms with Gasteiger partial charge in [-0.15, -0.1) is 0 Å². The number of rotatable bonds is 9. The maximum atomic E-state index is 5.92. The van der Waals surface area contributed by atoms with Crippen LogP contribution >= 0.6 is 11.8 Å². The lowest BCUT2D eigenvalue weighted by Crippen LogP contribution is -2.61. The van der Waals surface area contributed by atoms with Crippen molar-refractivity contribution in [1.29, 1.82) is 0 Å². The fourth-order valence-corrected chi connectivity index (χ4v) is 2.57. The molecule has 0 bridgehead atoms. The zero-order chi connectivity index (χ0) is 13.5. The lowest BCUT2D eigenvalue weighted by molar-refractivity contribution is -0.182. The molecule has 2 unspecified atom stereocenters. The standard InChI is InChI=1S/C12H28N2O2S/c1-10(7-8-17-6)14(3)12(2,9-13)11(15-4)16-5/h10-11H,7-9,13H2,1-6H3. The molecule has 0 aromatic rings. The fraction of sp³-hybridized carbons (Fsp3) is 1.00. The van der Waals surface area contributed by atoms with Crippen LogP contribution in [0.15, 0.2) is 0 Å². The third kappa shape index (κ3) is 4.41. The highest BCUT2D eigenvalue weighted by atomic mass is 32.2. The summed E-state index contributed by atoms with van der Waals surface area (Å²) in [4.78, 5) is 2.26. The Hall–Kier alpha value is 0.190. The molecule has 0 aliphatic heterocycles. The fourth-order valence-electron chi connectivity index (χ4n) is 2.00. The summed E-state index contributed by atoms with van der Waals surface area (Å²) in [6, 6.07) is 0.448. The third-order valence-electron chi connectivity index (χ3n) is 3.56. The first kappa shape index (κ1) is 17.2. The van der Waals surface area contributed by atoms with Crippen LogP contribution in [0.25, 0.3) is 0 Å². The first-order chi connectivity index (χ1) is 7.97. The third-order valence-corrected chi connectivity index (χ3v) is 4.20. The summed E-state index contributed by atoms with van der Waals surface area (Å²) in [6.07, 6.45) is 2.95. The van der Waals surface area contributed by atoms with Crippen molar-refractivity contribution < 1.29 is 9.47 Å². The number of hydrogen-bond acceptors (Lipinski definition) is 5. The maximum absolute atomic E-state index is 5.92. The minimum absolute atomic E-state index is 0.304. The van der Waals surface area contributed by atoms with Gasteiger partial charge >= 0.3 is 0 Å². The quantitative estimate of drug-likeness (QED) is 0.638. The van der Waals surface area contributed by atoms with E-state index in [9.17, 15) is 0 Å². The van der Waals surface area contributed by atoms with Crippen molar-refractivity contribution in [2.24, 2.45) is 5.73 Å². The van der Waals surface area contributed by atoms with E-state index in [1.54, 1.807) is 14.2 Å². The lowest BCUT2D eigenvalue weighted by Gasteiger charge is -2.45. The minimum Gasteiger partial charge on any atom is -0.354 e. The Kier molecular flexibility index (Phi) is 8.41. The molecule has 2 atom stereocenters. The molecule has 0 saturated heterocycles. The second-order valence-corrected chi connectivity index (χ2v) is 5.59. The monoisotopic (exact) mass is 264 g/mol. The Balaban J connectivity index is 4.70. The highest BCUT2D eigenvalue weighted by molar-refractivity contribution is 7.98. The van der Waals surface area contributed by atoms with E-state index in [2.05, 4.69) is 32.1 Å². The summed E-state index contributed by atoms with van der Waals surface area (Å²) in [7, 11) is 5.40. The van der Waals surface area contributed by atoms with E-state index in [4.69, 9.17) is 15.2 Å². The molecule has 17 heavy (non-hydrogen) atoms. The van der Waals surface area contributed by atoms with Gasteiger partial charge in [-0.2, -0.15) is 11.8 Å². The van der Waals surface area contributed by atoms with Crippen molar-refractivity contribution in [1.82, 2.24) is 4.90 Å². The van der Waals surface area contributed by atoms with Gasteiger partial charge < -0.3 is 15.2 Å². The summed E-state index contributed by atoms with van der Waals surface area (Å²) >= 11 is 1.87. The summed E-state index contributed by atoms with van der Waals surface area (Å²) in [6.45, 7) is 4.80. The predicted molar refractivity (Wildman–Crippen MR) is 75.5 cm³/mol. The van der Waals surface area contributed by atoms with Crippen LogP contribution in [-0.2, 0) is 9.47 Å². The van der Waals surface area contributed by atoms with Crippen LogP contribution in [0.2, 0.25) is 0 Å². The smallest absolute Gasteiger partial charge is 0.176 e. The van der Waals surface area contributed by atoms with Crippen molar-refractivity contribution in [2.45, 2.75) is 38.1 Å². The van der Waals surface area contributed by atoms with Gasteiger partial charge in [-0.05, 0) is 39.3 Å². The molecule has 0 radical (unpaired) electrons.